The third kappa shape index (κ3) is 2.17. The van der Waals surface area contributed by atoms with Gasteiger partial charge in [0.1, 0.15) is 11.3 Å². The summed E-state index contributed by atoms with van der Waals surface area (Å²) in [7, 11) is 0. The van der Waals surface area contributed by atoms with Gasteiger partial charge in [0.05, 0.1) is 5.39 Å². The molecule has 0 atom stereocenters. The maximum Gasteiger partial charge on any atom is 0.193 e. The number of hydrogen-bond donors (Lipinski definition) is 0. The summed E-state index contributed by atoms with van der Waals surface area (Å²) >= 11 is 0. The van der Waals surface area contributed by atoms with Gasteiger partial charge in [-0.2, -0.15) is 0 Å². The molecule has 0 fully saturated rings. The molecule has 0 aliphatic rings. The minimum Gasteiger partial charge on any atom is -0.456 e. The number of hydrogen-bond acceptors (Lipinski definition) is 2. The van der Waals surface area contributed by atoms with E-state index >= 15 is 0 Å². The molecule has 2 radical (unpaired) electrons. The van der Waals surface area contributed by atoms with Crippen molar-refractivity contribution in [2.75, 3.05) is 0 Å². The number of para-hydroxylation sites is 1. The van der Waals surface area contributed by atoms with Crippen LogP contribution in [0.2, 0.25) is 0 Å². The summed E-state index contributed by atoms with van der Waals surface area (Å²) in [4.78, 5) is 11.9. The Balaban J connectivity index is 0.00000120. The Morgan fingerprint density at radius 2 is 1.50 bits per heavy atom. The summed E-state index contributed by atoms with van der Waals surface area (Å²) in [5.41, 5.74) is 1.53. The van der Waals surface area contributed by atoms with Crippen molar-refractivity contribution in [3.63, 3.8) is 0 Å². The first-order valence-electron chi connectivity index (χ1n) is 5.43. The zero-order valence-electron chi connectivity index (χ0n) is 9.50. The Hall–Kier alpha value is -2.00. The van der Waals surface area contributed by atoms with Crippen LogP contribution in [0.3, 0.4) is 0 Å². The van der Waals surface area contributed by atoms with Crippen molar-refractivity contribution in [3.8, 4) is 11.3 Å². The molecule has 2 nitrogen and oxygen atoms in total. The molecule has 0 saturated carbocycles. The van der Waals surface area contributed by atoms with Crippen molar-refractivity contribution in [2.45, 2.75) is 0 Å². The lowest BCUT2D eigenvalue weighted by molar-refractivity contribution is 0.619. The molecule has 1 aromatic heterocycles. The van der Waals surface area contributed by atoms with Crippen LogP contribution in [0.5, 0.6) is 0 Å². The average Bonchev–Trinajstić information content (AvgIpc) is 2.40. The summed E-state index contributed by atoms with van der Waals surface area (Å²) in [5, 5.41) is 0.618. The van der Waals surface area contributed by atoms with Crippen LogP contribution in [-0.2, 0) is 0 Å². The molecule has 18 heavy (non-hydrogen) atoms. The predicted octanol–water partition coefficient (Wildman–Crippen LogP) is 4.11. The Labute approximate surface area is 111 Å². The monoisotopic (exact) mass is 254 g/mol. The van der Waals surface area contributed by atoms with Gasteiger partial charge in [0.25, 0.3) is 0 Å². The van der Waals surface area contributed by atoms with E-state index in [1.54, 1.807) is 6.07 Å². The molecule has 3 heteroatoms. The highest BCUT2D eigenvalue weighted by molar-refractivity contribution is 7.59. The van der Waals surface area contributed by atoms with Crippen LogP contribution < -0.4 is 5.43 Å². The lowest BCUT2D eigenvalue weighted by atomic mass is 10.1. The van der Waals surface area contributed by atoms with Crippen molar-refractivity contribution in [1.29, 1.82) is 0 Å². The molecule has 0 N–H and O–H groups in total. The van der Waals surface area contributed by atoms with Gasteiger partial charge in [-0.05, 0) is 12.1 Å². The van der Waals surface area contributed by atoms with E-state index in [0.29, 0.717) is 16.7 Å². The molecule has 3 aromatic rings. The second-order valence-electron chi connectivity index (χ2n) is 3.84. The van der Waals surface area contributed by atoms with Gasteiger partial charge in [0.2, 0.25) is 0 Å². The van der Waals surface area contributed by atoms with E-state index in [2.05, 4.69) is 0 Å². The Morgan fingerprint density at radius 3 is 2.28 bits per heavy atom. The quantitative estimate of drug-likeness (QED) is 0.654. The topological polar surface area (TPSA) is 30.2 Å². The number of rotatable bonds is 1. The van der Waals surface area contributed by atoms with E-state index in [4.69, 9.17) is 4.42 Å². The average molecular weight is 254 g/mol. The van der Waals surface area contributed by atoms with Gasteiger partial charge in [-0.3, -0.25) is 4.79 Å². The Bertz CT molecular complexity index is 717. The molecule has 0 unspecified atom stereocenters. The van der Waals surface area contributed by atoms with Gasteiger partial charge < -0.3 is 4.42 Å². The minimum atomic E-state index is -0.00861. The zero-order valence-corrected chi connectivity index (χ0v) is 10.3. The first-order valence-corrected chi connectivity index (χ1v) is 5.43. The van der Waals surface area contributed by atoms with E-state index in [1.165, 1.54) is 6.07 Å². The van der Waals surface area contributed by atoms with Gasteiger partial charge in [0.15, 0.2) is 5.43 Å². The Kier molecular flexibility index (Phi) is 3.53. The summed E-state index contributed by atoms with van der Waals surface area (Å²) < 4.78 is 5.73. The van der Waals surface area contributed by atoms with Crippen LogP contribution in [0, 0.1) is 0 Å². The second kappa shape index (κ2) is 5.10. The SMILES string of the molecule is O=c1cc(-c2ccccc2)oc2ccccc12.[S]. The van der Waals surface area contributed by atoms with E-state index in [1.807, 2.05) is 48.5 Å². The van der Waals surface area contributed by atoms with Crippen molar-refractivity contribution >= 4 is 24.5 Å². The van der Waals surface area contributed by atoms with E-state index < -0.39 is 0 Å². The first-order chi connectivity index (χ1) is 8.34. The molecule has 0 aliphatic carbocycles. The fourth-order valence-corrected chi connectivity index (χ4v) is 1.85. The maximum absolute atomic E-state index is 11.9. The van der Waals surface area contributed by atoms with Crippen LogP contribution in [0.15, 0.2) is 69.9 Å². The molecule has 88 valence electrons. The molecular formula is C15H10O2S. The molecule has 3 rings (SSSR count). The van der Waals surface area contributed by atoms with E-state index in [-0.39, 0.29) is 18.9 Å². The van der Waals surface area contributed by atoms with Gasteiger partial charge in [-0.25, -0.2) is 0 Å². The molecule has 0 saturated heterocycles. The molecule has 0 amide bonds. The van der Waals surface area contributed by atoms with Crippen LogP contribution in [0.25, 0.3) is 22.3 Å². The zero-order chi connectivity index (χ0) is 11.7. The largest absolute Gasteiger partial charge is 0.456 e. The molecule has 2 aromatic carbocycles. The number of benzene rings is 2. The summed E-state index contributed by atoms with van der Waals surface area (Å²) in [6, 6.07) is 18.4. The van der Waals surface area contributed by atoms with Gasteiger partial charge in [-0.15, -0.1) is 0 Å². The predicted molar refractivity (Wildman–Crippen MR) is 75.5 cm³/mol. The molecule has 1 heterocycles. The van der Waals surface area contributed by atoms with Crippen LogP contribution in [0.4, 0.5) is 0 Å². The Morgan fingerprint density at radius 1 is 0.833 bits per heavy atom. The van der Waals surface area contributed by atoms with Gasteiger partial charge >= 0.3 is 0 Å². The van der Waals surface area contributed by atoms with E-state index in [0.717, 1.165) is 5.56 Å². The molecule has 0 bridgehead atoms. The standard InChI is InChI=1S/C15H10O2.S/c16-13-10-15(11-6-2-1-3-7-11)17-14-9-5-4-8-12(13)14;/h1-10H;. The first kappa shape index (κ1) is 12.5. The van der Waals surface area contributed by atoms with Crippen molar-refractivity contribution in [1.82, 2.24) is 0 Å². The number of fused-ring (bicyclic) bond motifs is 1. The minimum absolute atomic E-state index is 0. The third-order valence-corrected chi connectivity index (χ3v) is 2.69. The normalized spacial score (nSPS) is 10.0. The highest BCUT2D eigenvalue weighted by Gasteiger charge is 2.05. The lowest BCUT2D eigenvalue weighted by Gasteiger charge is -2.02. The molecular weight excluding hydrogens is 244 g/mol. The fourth-order valence-electron chi connectivity index (χ4n) is 1.85. The molecule has 0 spiro atoms. The summed E-state index contributed by atoms with van der Waals surface area (Å²) in [6.07, 6.45) is 0. The van der Waals surface area contributed by atoms with Crippen molar-refractivity contribution in [3.05, 3.63) is 70.9 Å². The van der Waals surface area contributed by atoms with Crippen molar-refractivity contribution < 1.29 is 4.42 Å². The van der Waals surface area contributed by atoms with Crippen molar-refractivity contribution in [2.24, 2.45) is 0 Å². The second-order valence-corrected chi connectivity index (χ2v) is 3.84. The smallest absolute Gasteiger partial charge is 0.193 e. The van der Waals surface area contributed by atoms with Crippen LogP contribution in [0.1, 0.15) is 0 Å². The highest BCUT2D eigenvalue weighted by Crippen LogP contribution is 2.21. The molecule has 0 aliphatic heterocycles. The van der Waals surface area contributed by atoms with Gasteiger partial charge in [-0.1, -0.05) is 42.5 Å². The van der Waals surface area contributed by atoms with Crippen LogP contribution >= 0.6 is 13.5 Å². The van der Waals surface area contributed by atoms with E-state index in [9.17, 15) is 4.79 Å². The van der Waals surface area contributed by atoms with Crippen LogP contribution in [-0.4, -0.2) is 0 Å². The van der Waals surface area contributed by atoms with Gasteiger partial charge in [0, 0.05) is 25.1 Å². The third-order valence-electron chi connectivity index (χ3n) is 2.69. The highest BCUT2D eigenvalue weighted by atomic mass is 32.1. The fraction of sp³-hybridized carbons (Fsp3) is 0. The lowest BCUT2D eigenvalue weighted by Crippen LogP contribution is -1.99. The maximum atomic E-state index is 11.9. The summed E-state index contributed by atoms with van der Waals surface area (Å²) in [5.74, 6) is 0.606. The summed E-state index contributed by atoms with van der Waals surface area (Å²) in [6.45, 7) is 0.